The molecule has 92 valence electrons. The van der Waals surface area contributed by atoms with Gasteiger partial charge in [0.2, 0.25) is 5.82 Å². The summed E-state index contributed by atoms with van der Waals surface area (Å²) in [4.78, 5) is 10.3. The maximum Gasteiger partial charge on any atom is 0.200 e. The summed E-state index contributed by atoms with van der Waals surface area (Å²) in [6, 6.07) is 0. The number of hydrogen-bond donors (Lipinski definition) is 0. The van der Waals surface area contributed by atoms with Crippen LogP contribution in [0.4, 0.5) is 22.0 Å². The first-order valence-corrected chi connectivity index (χ1v) is 4.18. The molecule has 0 radical (unpaired) electrons. The van der Waals surface area contributed by atoms with E-state index in [2.05, 4.69) is 0 Å². The Labute approximate surface area is 92.0 Å². The first kappa shape index (κ1) is 13.1. The van der Waals surface area contributed by atoms with Gasteiger partial charge in [-0.2, -0.15) is 0 Å². The molecule has 0 saturated carbocycles. The summed E-state index contributed by atoms with van der Waals surface area (Å²) < 4.78 is 64.1. The van der Waals surface area contributed by atoms with Crippen molar-refractivity contribution < 1.29 is 31.9 Å². The van der Waals surface area contributed by atoms with Crippen molar-refractivity contribution in [3.05, 3.63) is 40.2 Å². The number of benzene rings is 1. The lowest BCUT2D eigenvalue weighted by atomic mass is 10.1. The molecule has 0 spiro atoms. The SMILES string of the molecule is C/C(=C\c1c(F)c(F)c(F)c(F)c1F)C(=O)[O-]. The fraction of sp³-hybridized carbons (Fsp3) is 0.100. The number of aliphatic carboxylic acids is 1. The average molecular weight is 251 g/mol. The number of carboxylic acid groups (broad SMARTS) is 1. The van der Waals surface area contributed by atoms with Crippen LogP contribution < -0.4 is 5.11 Å². The zero-order chi connectivity index (χ0) is 13.3. The molecule has 0 aliphatic heterocycles. The second kappa shape index (κ2) is 4.52. The molecule has 2 nitrogen and oxygen atoms in total. The Kier molecular flexibility index (Phi) is 3.50. The van der Waals surface area contributed by atoms with E-state index in [1.807, 2.05) is 0 Å². The maximum atomic E-state index is 13.0. The first-order valence-electron chi connectivity index (χ1n) is 4.18. The molecule has 0 aliphatic rings. The highest BCUT2D eigenvalue weighted by Gasteiger charge is 2.24. The van der Waals surface area contributed by atoms with Gasteiger partial charge in [0.1, 0.15) is 0 Å². The van der Waals surface area contributed by atoms with Gasteiger partial charge < -0.3 is 9.90 Å². The maximum absolute atomic E-state index is 13.0. The highest BCUT2D eigenvalue weighted by atomic mass is 19.2. The highest BCUT2D eigenvalue weighted by Crippen LogP contribution is 2.24. The van der Waals surface area contributed by atoms with E-state index >= 15 is 0 Å². The molecule has 0 atom stereocenters. The minimum Gasteiger partial charge on any atom is -0.545 e. The molecule has 0 aliphatic carbocycles. The molecule has 0 fully saturated rings. The Bertz CT molecular complexity index is 493. The largest absolute Gasteiger partial charge is 0.545 e. The van der Waals surface area contributed by atoms with E-state index in [4.69, 9.17) is 0 Å². The normalized spacial score (nSPS) is 11.8. The lowest BCUT2D eigenvalue weighted by Crippen LogP contribution is -2.23. The number of rotatable bonds is 2. The summed E-state index contributed by atoms with van der Waals surface area (Å²) in [6.45, 7) is 0.896. The van der Waals surface area contributed by atoms with Crippen LogP contribution in [-0.2, 0) is 4.79 Å². The molecule has 1 rings (SSSR count). The van der Waals surface area contributed by atoms with Crippen LogP contribution in [0.15, 0.2) is 5.57 Å². The Hall–Kier alpha value is -1.92. The fourth-order valence-electron chi connectivity index (χ4n) is 1.02. The van der Waals surface area contributed by atoms with Crippen molar-refractivity contribution in [1.29, 1.82) is 0 Å². The summed E-state index contributed by atoms with van der Waals surface area (Å²) in [5.41, 5.74) is -1.99. The topological polar surface area (TPSA) is 40.1 Å². The van der Waals surface area contributed by atoms with Crippen LogP contribution in [0.1, 0.15) is 12.5 Å². The van der Waals surface area contributed by atoms with E-state index in [1.54, 1.807) is 0 Å². The Morgan fingerprint density at radius 2 is 1.29 bits per heavy atom. The van der Waals surface area contributed by atoms with Crippen LogP contribution in [0.5, 0.6) is 0 Å². The molecule has 0 unspecified atom stereocenters. The van der Waals surface area contributed by atoms with Crippen LogP contribution >= 0.6 is 0 Å². The van der Waals surface area contributed by atoms with E-state index in [1.165, 1.54) is 0 Å². The van der Waals surface area contributed by atoms with Gasteiger partial charge in [-0.15, -0.1) is 0 Å². The van der Waals surface area contributed by atoms with E-state index in [-0.39, 0.29) is 0 Å². The van der Waals surface area contributed by atoms with E-state index in [0.717, 1.165) is 6.92 Å². The van der Waals surface area contributed by atoms with Crippen molar-refractivity contribution >= 4 is 12.0 Å². The van der Waals surface area contributed by atoms with Gasteiger partial charge in [0, 0.05) is 0 Å². The van der Waals surface area contributed by atoms with Crippen LogP contribution in [0.3, 0.4) is 0 Å². The van der Waals surface area contributed by atoms with Crippen molar-refractivity contribution in [2.24, 2.45) is 0 Å². The predicted molar refractivity (Wildman–Crippen MR) is 44.9 cm³/mol. The Balaban J connectivity index is 3.56. The number of carbonyl (C=O) groups is 1. The minimum atomic E-state index is -2.30. The summed E-state index contributed by atoms with van der Waals surface area (Å²) in [5, 5.41) is 10.3. The first-order chi connectivity index (χ1) is 7.77. The van der Waals surface area contributed by atoms with Crippen LogP contribution in [0.2, 0.25) is 0 Å². The molecule has 0 saturated heterocycles. The molecular weight excluding hydrogens is 247 g/mol. The molecule has 0 amide bonds. The van der Waals surface area contributed by atoms with Crippen molar-refractivity contribution in [2.45, 2.75) is 6.92 Å². The molecule has 17 heavy (non-hydrogen) atoms. The second-order valence-electron chi connectivity index (χ2n) is 3.10. The molecule has 7 heteroatoms. The van der Waals surface area contributed by atoms with Gasteiger partial charge >= 0.3 is 0 Å². The van der Waals surface area contributed by atoms with Crippen LogP contribution in [-0.4, -0.2) is 5.97 Å². The molecule has 0 bridgehead atoms. The third-order valence-electron chi connectivity index (χ3n) is 1.93. The molecule has 0 heterocycles. The van der Waals surface area contributed by atoms with E-state index in [9.17, 15) is 31.9 Å². The predicted octanol–water partition coefficient (Wildman–Crippen LogP) is 1.54. The quantitative estimate of drug-likeness (QED) is 0.346. The second-order valence-corrected chi connectivity index (χ2v) is 3.10. The Morgan fingerprint density at radius 1 is 0.941 bits per heavy atom. The van der Waals surface area contributed by atoms with Crippen molar-refractivity contribution in [3.63, 3.8) is 0 Å². The lowest BCUT2D eigenvalue weighted by molar-refractivity contribution is -0.299. The van der Waals surface area contributed by atoms with Gasteiger partial charge in [-0.25, -0.2) is 22.0 Å². The van der Waals surface area contributed by atoms with Crippen molar-refractivity contribution in [2.75, 3.05) is 0 Å². The van der Waals surface area contributed by atoms with Gasteiger partial charge in [-0.05, 0) is 18.6 Å². The molecular formula is C10H4F5O2-. The molecule has 1 aromatic rings. The third-order valence-corrected chi connectivity index (χ3v) is 1.93. The van der Waals surface area contributed by atoms with Crippen LogP contribution in [0, 0.1) is 29.1 Å². The summed E-state index contributed by atoms with van der Waals surface area (Å²) in [5.74, 6) is -12.6. The standard InChI is InChI=1S/C10H5F5O2/c1-3(10(16)17)2-4-5(11)7(13)9(15)8(14)6(4)12/h2H,1H3,(H,16,17)/p-1/b3-2+. The van der Waals surface area contributed by atoms with E-state index < -0.39 is 46.2 Å². The molecule has 1 aromatic carbocycles. The van der Waals surface area contributed by atoms with Gasteiger partial charge in [0.25, 0.3) is 0 Å². The summed E-state index contributed by atoms with van der Waals surface area (Å²) >= 11 is 0. The monoisotopic (exact) mass is 251 g/mol. The molecule has 0 N–H and O–H groups in total. The zero-order valence-electron chi connectivity index (χ0n) is 8.28. The molecule has 0 aromatic heterocycles. The van der Waals surface area contributed by atoms with Crippen LogP contribution in [0.25, 0.3) is 6.08 Å². The average Bonchev–Trinajstić information content (AvgIpc) is 2.29. The highest BCUT2D eigenvalue weighted by molar-refractivity contribution is 5.89. The number of carboxylic acids is 1. The number of carbonyl (C=O) groups excluding carboxylic acids is 1. The fourth-order valence-corrected chi connectivity index (χ4v) is 1.02. The lowest BCUT2D eigenvalue weighted by Gasteiger charge is -2.06. The summed E-state index contributed by atoms with van der Waals surface area (Å²) in [7, 11) is 0. The third kappa shape index (κ3) is 2.27. The zero-order valence-corrected chi connectivity index (χ0v) is 8.28. The smallest absolute Gasteiger partial charge is 0.200 e. The van der Waals surface area contributed by atoms with Gasteiger partial charge in [0.05, 0.1) is 11.5 Å². The Morgan fingerprint density at radius 3 is 1.65 bits per heavy atom. The van der Waals surface area contributed by atoms with Gasteiger partial charge in [-0.1, -0.05) is 0 Å². The summed E-state index contributed by atoms with van der Waals surface area (Å²) in [6.07, 6.45) is 0.311. The number of hydrogen-bond acceptors (Lipinski definition) is 2. The number of halogens is 5. The van der Waals surface area contributed by atoms with Gasteiger partial charge in [0.15, 0.2) is 23.3 Å². The van der Waals surface area contributed by atoms with Crippen molar-refractivity contribution in [3.8, 4) is 0 Å². The minimum absolute atomic E-state index is 0.311. The van der Waals surface area contributed by atoms with Gasteiger partial charge in [-0.3, -0.25) is 0 Å². The van der Waals surface area contributed by atoms with Crippen molar-refractivity contribution in [1.82, 2.24) is 0 Å². The van der Waals surface area contributed by atoms with E-state index in [0.29, 0.717) is 6.08 Å².